The van der Waals surface area contributed by atoms with Crippen LogP contribution in [0.4, 0.5) is 8.78 Å². The first-order valence-electron chi connectivity index (χ1n) is 6.74. The molecular formula is C13H18F2N2O3S. The molecule has 8 heteroatoms. The van der Waals surface area contributed by atoms with Crippen LogP contribution in [0.2, 0.25) is 0 Å². The van der Waals surface area contributed by atoms with Gasteiger partial charge in [0.25, 0.3) is 0 Å². The molecule has 0 saturated carbocycles. The van der Waals surface area contributed by atoms with Crippen molar-refractivity contribution in [1.29, 1.82) is 0 Å². The van der Waals surface area contributed by atoms with E-state index in [4.69, 9.17) is 5.11 Å². The SMILES string of the molecule is O=S(=O)(c1ccc(F)c(F)c1)N(CCO)CC1CCCN1. The minimum atomic E-state index is -3.96. The van der Waals surface area contributed by atoms with E-state index in [-0.39, 0.29) is 30.6 Å². The molecule has 5 nitrogen and oxygen atoms in total. The second kappa shape index (κ2) is 6.78. The van der Waals surface area contributed by atoms with Crippen LogP contribution in [0.3, 0.4) is 0 Å². The van der Waals surface area contributed by atoms with Gasteiger partial charge in [0, 0.05) is 19.1 Å². The molecule has 1 fully saturated rings. The number of hydrogen-bond donors (Lipinski definition) is 2. The molecule has 0 bridgehead atoms. The molecule has 1 atom stereocenters. The molecule has 1 aliphatic heterocycles. The number of aliphatic hydroxyl groups excluding tert-OH is 1. The maximum Gasteiger partial charge on any atom is 0.243 e. The second-order valence-corrected chi connectivity index (χ2v) is 6.89. The third kappa shape index (κ3) is 3.76. The summed E-state index contributed by atoms with van der Waals surface area (Å²) in [6, 6.07) is 2.49. The van der Waals surface area contributed by atoms with E-state index in [1.54, 1.807) is 0 Å². The summed E-state index contributed by atoms with van der Waals surface area (Å²) in [6.07, 6.45) is 1.80. The van der Waals surface area contributed by atoms with Crippen LogP contribution in [0.5, 0.6) is 0 Å². The van der Waals surface area contributed by atoms with Gasteiger partial charge < -0.3 is 10.4 Å². The zero-order valence-corrected chi connectivity index (χ0v) is 12.2. The van der Waals surface area contributed by atoms with Gasteiger partial charge in [0.1, 0.15) is 0 Å². The number of nitrogens with one attached hydrogen (secondary N) is 1. The van der Waals surface area contributed by atoms with Gasteiger partial charge in [-0.25, -0.2) is 17.2 Å². The molecule has 1 heterocycles. The number of aliphatic hydroxyl groups is 1. The van der Waals surface area contributed by atoms with Gasteiger partial charge in [-0.2, -0.15) is 4.31 Å². The van der Waals surface area contributed by atoms with Crippen LogP contribution in [-0.4, -0.2) is 50.1 Å². The van der Waals surface area contributed by atoms with Gasteiger partial charge in [-0.15, -0.1) is 0 Å². The highest BCUT2D eigenvalue weighted by Gasteiger charge is 2.28. The fraction of sp³-hybridized carbons (Fsp3) is 0.538. The largest absolute Gasteiger partial charge is 0.395 e. The van der Waals surface area contributed by atoms with Gasteiger partial charge in [0.15, 0.2) is 11.6 Å². The minimum absolute atomic E-state index is 0.0108. The Morgan fingerprint density at radius 2 is 2.10 bits per heavy atom. The number of benzene rings is 1. The second-order valence-electron chi connectivity index (χ2n) is 4.96. The van der Waals surface area contributed by atoms with E-state index in [9.17, 15) is 17.2 Å². The smallest absolute Gasteiger partial charge is 0.243 e. The summed E-state index contributed by atoms with van der Waals surface area (Å²) in [6.45, 7) is 0.597. The predicted molar refractivity (Wildman–Crippen MR) is 73.2 cm³/mol. The molecule has 1 aliphatic rings. The lowest BCUT2D eigenvalue weighted by Crippen LogP contribution is -2.42. The van der Waals surface area contributed by atoms with Crippen LogP contribution < -0.4 is 5.32 Å². The molecule has 2 rings (SSSR count). The molecule has 1 aromatic carbocycles. The number of nitrogens with zero attached hydrogens (tertiary/aromatic N) is 1. The summed E-state index contributed by atoms with van der Waals surface area (Å²) in [7, 11) is -3.96. The number of rotatable bonds is 6. The van der Waals surface area contributed by atoms with Crippen LogP contribution in [0.1, 0.15) is 12.8 Å². The predicted octanol–water partition coefficient (Wildman–Crippen LogP) is 0.700. The third-order valence-corrected chi connectivity index (χ3v) is 5.33. The quantitative estimate of drug-likeness (QED) is 0.809. The lowest BCUT2D eigenvalue weighted by molar-refractivity contribution is 0.246. The Morgan fingerprint density at radius 1 is 1.33 bits per heavy atom. The fourth-order valence-corrected chi connectivity index (χ4v) is 3.85. The third-order valence-electron chi connectivity index (χ3n) is 3.46. The molecular weight excluding hydrogens is 302 g/mol. The first-order valence-corrected chi connectivity index (χ1v) is 8.18. The number of hydrogen-bond acceptors (Lipinski definition) is 4. The van der Waals surface area contributed by atoms with Gasteiger partial charge in [0.05, 0.1) is 11.5 Å². The standard InChI is InChI=1S/C13H18F2N2O3S/c14-12-4-3-11(8-13(12)15)21(19,20)17(6-7-18)9-10-2-1-5-16-10/h3-4,8,10,16,18H,1-2,5-7,9H2. The molecule has 1 saturated heterocycles. The summed E-state index contributed by atoms with van der Waals surface area (Å²) >= 11 is 0. The number of halogens is 2. The van der Waals surface area contributed by atoms with Gasteiger partial charge >= 0.3 is 0 Å². The molecule has 21 heavy (non-hydrogen) atoms. The molecule has 0 aliphatic carbocycles. The lowest BCUT2D eigenvalue weighted by Gasteiger charge is -2.24. The van der Waals surface area contributed by atoms with E-state index in [1.807, 2.05) is 0 Å². The van der Waals surface area contributed by atoms with E-state index < -0.39 is 21.7 Å². The Bertz CT molecular complexity index is 589. The van der Waals surface area contributed by atoms with Crippen LogP contribution in [0, 0.1) is 11.6 Å². The highest BCUT2D eigenvalue weighted by atomic mass is 32.2. The van der Waals surface area contributed by atoms with E-state index in [1.165, 1.54) is 0 Å². The molecule has 1 unspecified atom stereocenters. The maximum absolute atomic E-state index is 13.2. The topological polar surface area (TPSA) is 69.6 Å². The van der Waals surface area contributed by atoms with E-state index in [0.29, 0.717) is 6.07 Å². The molecule has 0 radical (unpaired) electrons. The average Bonchev–Trinajstić information content (AvgIpc) is 2.94. The zero-order valence-electron chi connectivity index (χ0n) is 11.4. The van der Waals surface area contributed by atoms with Crippen LogP contribution in [-0.2, 0) is 10.0 Å². The Kier molecular flexibility index (Phi) is 5.26. The summed E-state index contributed by atoms with van der Waals surface area (Å²) in [5.74, 6) is -2.31. The Morgan fingerprint density at radius 3 is 2.67 bits per heavy atom. The van der Waals surface area contributed by atoms with Crippen molar-refractivity contribution in [3.63, 3.8) is 0 Å². The monoisotopic (exact) mass is 320 g/mol. The Labute approximate surface area is 122 Å². The van der Waals surface area contributed by atoms with Crippen molar-refractivity contribution in [3.8, 4) is 0 Å². The van der Waals surface area contributed by atoms with Gasteiger partial charge in [-0.3, -0.25) is 0 Å². The molecule has 1 aromatic rings. The van der Waals surface area contributed by atoms with E-state index in [0.717, 1.165) is 35.8 Å². The van der Waals surface area contributed by atoms with Crippen LogP contribution in [0.25, 0.3) is 0 Å². The van der Waals surface area contributed by atoms with Gasteiger partial charge in [-0.1, -0.05) is 0 Å². The highest BCUT2D eigenvalue weighted by molar-refractivity contribution is 7.89. The van der Waals surface area contributed by atoms with Gasteiger partial charge in [0.2, 0.25) is 10.0 Å². The van der Waals surface area contributed by atoms with Crippen molar-refractivity contribution >= 4 is 10.0 Å². The fourth-order valence-electron chi connectivity index (χ4n) is 2.37. The highest BCUT2D eigenvalue weighted by Crippen LogP contribution is 2.20. The number of sulfonamides is 1. The molecule has 118 valence electrons. The van der Waals surface area contributed by atoms with Crippen molar-refractivity contribution in [2.45, 2.75) is 23.8 Å². The normalized spacial score (nSPS) is 19.3. The first-order chi connectivity index (χ1) is 9.95. The first kappa shape index (κ1) is 16.3. The molecule has 0 amide bonds. The molecule has 0 spiro atoms. The maximum atomic E-state index is 13.2. The van der Waals surface area contributed by atoms with E-state index >= 15 is 0 Å². The van der Waals surface area contributed by atoms with Crippen LogP contribution >= 0.6 is 0 Å². The van der Waals surface area contributed by atoms with Crippen LogP contribution in [0.15, 0.2) is 23.1 Å². The Hall–Kier alpha value is -1.09. The summed E-state index contributed by atoms with van der Waals surface area (Å²) in [5.41, 5.74) is 0. The summed E-state index contributed by atoms with van der Waals surface area (Å²) in [5, 5.41) is 12.2. The lowest BCUT2D eigenvalue weighted by atomic mass is 10.2. The Balaban J connectivity index is 2.25. The summed E-state index contributed by atoms with van der Waals surface area (Å²) < 4.78 is 52.2. The average molecular weight is 320 g/mol. The zero-order chi connectivity index (χ0) is 15.5. The van der Waals surface area contributed by atoms with E-state index in [2.05, 4.69) is 5.32 Å². The van der Waals surface area contributed by atoms with Crippen molar-refractivity contribution in [1.82, 2.24) is 9.62 Å². The van der Waals surface area contributed by atoms with Crippen molar-refractivity contribution < 1.29 is 22.3 Å². The van der Waals surface area contributed by atoms with Gasteiger partial charge in [-0.05, 0) is 37.6 Å². The van der Waals surface area contributed by atoms with Crippen molar-refractivity contribution in [2.75, 3.05) is 26.2 Å². The van der Waals surface area contributed by atoms with Crippen molar-refractivity contribution in [3.05, 3.63) is 29.8 Å². The molecule has 0 aromatic heterocycles. The molecule has 2 N–H and O–H groups in total. The minimum Gasteiger partial charge on any atom is -0.395 e. The van der Waals surface area contributed by atoms with Crippen molar-refractivity contribution in [2.24, 2.45) is 0 Å². The summed E-state index contributed by atoms with van der Waals surface area (Å²) in [4.78, 5) is -0.312.